The first-order valence-electron chi connectivity index (χ1n) is 8.10. The molecule has 0 radical (unpaired) electrons. The Kier molecular flexibility index (Phi) is 4.22. The van der Waals surface area contributed by atoms with E-state index in [1.54, 1.807) is 7.11 Å². The summed E-state index contributed by atoms with van der Waals surface area (Å²) in [5.41, 5.74) is 2.69. The average molecular weight is 325 g/mol. The molecule has 2 aromatic carbocycles. The highest BCUT2D eigenvalue weighted by molar-refractivity contribution is 5.68. The minimum Gasteiger partial charge on any atom is -0.496 e. The van der Waals surface area contributed by atoms with Crippen molar-refractivity contribution in [1.29, 1.82) is 0 Å². The average Bonchev–Trinajstić information content (AvgIpc) is 2.57. The van der Waals surface area contributed by atoms with Crippen molar-refractivity contribution in [1.82, 2.24) is 0 Å². The summed E-state index contributed by atoms with van der Waals surface area (Å²) in [4.78, 5) is 11.7. The number of nitrogens with one attached hydrogen (secondary N) is 1. The number of carbonyl (C=O) groups is 1. The van der Waals surface area contributed by atoms with Crippen LogP contribution in [-0.2, 0) is 9.53 Å². The van der Waals surface area contributed by atoms with Gasteiger partial charge >= 0.3 is 5.97 Å². The molecule has 2 atom stereocenters. The lowest BCUT2D eigenvalue weighted by Gasteiger charge is -2.46. The summed E-state index contributed by atoms with van der Waals surface area (Å²) in [7, 11) is 1.67. The van der Waals surface area contributed by atoms with Crippen LogP contribution in [0.25, 0.3) is 0 Å². The largest absolute Gasteiger partial charge is 0.496 e. The van der Waals surface area contributed by atoms with E-state index in [-0.39, 0.29) is 23.5 Å². The fraction of sp³-hybridized carbons (Fsp3) is 0.350. The molecular formula is C20H23NO3. The summed E-state index contributed by atoms with van der Waals surface area (Å²) in [5, 5.41) is 3.61. The number of hydrogen-bond acceptors (Lipinski definition) is 4. The third-order valence-electron chi connectivity index (χ3n) is 4.70. The number of esters is 1. The fourth-order valence-electron chi connectivity index (χ4n) is 3.52. The Hall–Kier alpha value is -2.49. The molecule has 2 aromatic rings. The lowest BCUT2D eigenvalue weighted by Crippen LogP contribution is -2.40. The predicted octanol–water partition coefficient (Wildman–Crippen LogP) is 4.49. The second kappa shape index (κ2) is 6.19. The zero-order valence-corrected chi connectivity index (χ0v) is 14.5. The van der Waals surface area contributed by atoms with Crippen LogP contribution in [0.3, 0.4) is 0 Å². The molecule has 2 unspecified atom stereocenters. The molecule has 24 heavy (non-hydrogen) atoms. The minimum absolute atomic E-state index is 0.0482. The van der Waals surface area contributed by atoms with Crippen LogP contribution >= 0.6 is 0 Å². The van der Waals surface area contributed by atoms with Gasteiger partial charge in [-0.25, -0.2) is 0 Å². The quantitative estimate of drug-likeness (QED) is 0.845. The van der Waals surface area contributed by atoms with E-state index in [0.717, 1.165) is 22.6 Å². The molecule has 1 heterocycles. The zero-order chi connectivity index (χ0) is 17.3. The van der Waals surface area contributed by atoms with E-state index in [1.807, 2.05) is 42.5 Å². The Morgan fingerprint density at radius 1 is 1.04 bits per heavy atom. The van der Waals surface area contributed by atoms with Gasteiger partial charge in [0.15, 0.2) is 0 Å². The number of hydrogen-bond donors (Lipinski definition) is 1. The van der Waals surface area contributed by atoms with Gasteiger partial charge in [0, 0.05) is 29.2 Å². The van der Waals surface area contributed by atoms with Crippen molar-refractivity contribution in [2.24, 2.45) is 5.41 Å². The molecule has 0 aliphatic carbocycles. The number of benzene rings is 2. The molecule has 1 aliphatic heterocycles. The first kappa shape index (κ1) is 16.4. The highest BCUT2D eigenvalue weighted by Crippen LogP contribution is 2.54. The van der Waals surface area contributed by atoms with Crippen LogP contribution in [0, 0.1) is 5.41 Å². The zero-order valence-electron chi connectivity index (χ0n) is 14.5. The van der Waals surface area contributed by atoms with Crippen molar-refractivity contribution >= 4 is 11.7 Å². The summed E-state index contributed by atoms with van der Waals surface area (Å²) < 4.78 is 11.3. The molecule has 3 rings (SSSR count). The molecule has 0 saturated heterocycles. The Morgan fingerprint density at radius 3 is 2.33 bits per heavy atom. The van der Waals surface area contributed by atoms with Gasteiger partial charge in [0.1, 0.15) is 11.9 Å². The lowest BCUT2D eigenvalue weighted by atomic mass is 9.70. The molecule has 4 heteroatoms. The van der Waals surface area contributed by atoms with Crippen molar-refractivity contribution in [2.45, 2.75) is 32.9 Å². The van der Waals surface area contributed by atoms with Crippen LogP contribution < -0.4 is 10.1 Å². The van der Waals surface area contributed by atoms with Crippen LogP contribution in [0.15, 0.2) is 48.5 Å². The first-order chi connectivity index (χ1) is 11.4. The molecular weight excluding hydrogens is 302 g/mol. The van der Waals surface area contributed by atoms with Gasteiger partial charge in [-0.3, -0.25) is 4.79 Å². The fourth-order valence-corrected chi connectivity index (χ4v) is 3.52. The Labute approximate surface area is 142 Å². The van der Waals surface area contributed by atoms with E-state index in [1.165, 1.54) is 6.92 Å². The number of ether oxygens (including phenoxy) is 2. The van der Waals surface area contributed by atoms with Gasteiger partial charge in [0.05, 0.1) is 13.2 Å². The summed E-state index contributed by atoms with van der Waals surface area (Å²) in [5.74, 6) is 0.549. The van der Waals surface area contributed by atoms with Crippen LogP contribution in [-0.4, -0.2) is 13.1 Å². The van der Waals surface area contributed by atoms with Crippen molar-refractivity contribution in [3.63, 3.8) is 0 Å². The second-order valence-corrected chi connectivity index (χ2v) is 6.72. The van der Waals surface area contributed by atoms with Crippen molar-refractivity contribution in [3.8, 4) is 5.75 Å². The Morgan fingerprint density at radius 2 is 1.67 bits per heavy atom. The van der Waals surface area contributed by atoms with E-state index >= 15 is 0 Å². The van der Waals surface area contributed by atoms with Gasteiger partial charge in [-0.2, -0.15) is 0 Å². The van der Waals surface area contributed by atoms with Gasteiger partial charge in [0.2, 0.25) is 0 Å². The maximum absolute atomic E-state index is 11.7. The van der Waals surface area contributed by atoms with Gasteiger partial charge in [-0.1, -0.05) is 50.2 Å². The maximum Gasteiger partial charge on any atom is 0.303 e. The van der Waals surface area contributed by atoms with Crippen LogP contribution in [0.2, 0.25) is 0 Å². The molecule has 4 nitrogen and oxygen atoms in total. The highest BCUT2D eigenvalue weighted by Gasteiger charge is 2.46. The number of anilines is 1. The van der Waals surface area contributed by atoms with E-state index in [4.69, 9.17) is 9.47 Å². The molecule has 0 saturated carbocycles. The van der Waals surface area contributed by atoms with Crippen molar-refractivity contribution in [2.75, 3.05) is 12.4 Å². The Balaban J connectivity index is 2.13. The molecule has 1 aliphatic rings. The van der Waals surface area contributed by atoms with Crippen LogP contribution in [0.4, 0.5) is 5.69 Å². The smallest absolute Gasteiger partial charge is 0.303 e. The summed E-state index contributed by atoms with van der Waals surface area (Å²) in [6.45, 7) is 5.68. The van der Waals surface area contributed by atoms with Gasteiger partial charge in [0.25, 0.3) is 0 Å². The number of rotatable bonds is 3. The SMILES string of the molecule is COc1ccccc1C1Nc2ccccc2C(OC(C)=O)C1(C)C. The maximum atomic E-state index is 11.7. The van der Waals surface area contributed by atoms with Gasteiger partial charge in [-0.05, 0) is 12.1 Å². The molecule has 0 bridgehead atoms. The third kappa shape index (κ3) is 2.73. The standard InChI is InChI=1S/C20H23NO3/c1-13(22)24-19-14-9-5-7-11-16(14)21-18(20(19,2)3)15-10-6-8-12-17(15)23-4/h5-12,18-19,21H,1-4H3. The van der Waals surface area contributed by atoms with E-state index in [9.17, 15) is 4.79 Å². The molecule has 0 spiro atoms. The molecule has 0 fully saturated rings. The first-order valence-corrected chi connectivity index (χ1v) is 8.10. The minimum atomic E-state index is -0.353. The van der Waals surface area contributed by atoms with Crippen LogP contribution in [0.1, 0.15) is 44.0 Å². The third-order valence-corrected chi connectivity index (χ3v) is 4.70. The molecule has 1 N–H and O–H groups in total. The summed E-state index contributed by atoms with van der Waals surface area (Å²) in [6.07, 6.45) is -0.331. The van der Waals surface area contributed by atoms with E-state index in [2.05, 4.69) is 25.2 Å². The van der Waals surface area contributed by atoms with Gasteiger partial charge < -0.3 is 14.8 Å². The second-order valence-electron chi connectivity index (χ2n) is 6.72. The number of methoxy groups -OCH3 is 1. The normalized spacial score (nSPS) is 21.3. The van der Waals surface area contributed by atoms with E-state index in [0.29, 0.717) is 0 Å². The summed E-state index contributed by atoms with van der Waals surface area (Å²) in [6, 6.07) is 15.9. The number of fused-ring (bicyclic) bond motifs is 1. The molecule has 0 amide bonds. The highest BCUT2D eigenvalue weighted by atomic mass is 16.5. The van der Waals surface area contributed by atoms with Gasteiger partial charge in [-0.15, -0.1) is 0 Å². The topological polar surface area (TPSA) is 47.6 Å². The van der Waals surface area contributed by atoms with Crippen LogP contribution in [0.5, 0.6) is 5.75 Å². The molecule has 126 valence electrons. The summed E-state index contributed by atoms with van der Waals surface area (Å²) >= 11 is 0. The van der Waals surface area contributed by atoms with Crippen molar-refractivity contribution in [3.05, 3.63) is 59.7 Å². The molecule has 0 aromatic heterocycles. The Bertz CT molecular complexity index is 754. The predicted molar refractivity (Wildman–Crippen MR) is 94.1 cm³/mol. The monoisotopic (exact) mass is 325 g/mol. The van der Waals surface area contributed by atoms with Crippen molar-refractivity contribution < 1.29 is 14.3 Å². The lowest BCUT2D eigenvalue weighted by molar-refractivity contribution is -0.154. The number of para-hydroxylation sites is 2. The van der Waals surface area contributed by atoms with E-state index < -0.39 is 0 Å². The number of carbonyl (C=O) groups excluding carboxylic acids is 1.